The number of carbonyl (C=O) groups is 1. The average molecular weight is 436 g/mol. The SMILES string of the molecule is CCCOc1ccc([C@H]2C(C(=O)OCC)=C(C)Nc3nc4ccccc4n32)cc1OCC. The Bertz CT molecular complexity index is 1170. The maximum Gasteiger partial charge on any atom is 0.338 e. The van der Waals surface area contributed by atoms with Gasteiger partial charge in [-0.3, -0.25) is 4.57 Å². The average Bonchev–Trinajstić information content (AvgIpc) is 3.15. The summed E-state index contributed by atoms with van der Waals surface area (Å²) in [5, 5.41) is 3.29. The maximum absolute atomic E-state index is 13.1. The number of imidazole rings is 1. The summed E-state index contributed by atoms with van der Waals surface area (Å²) in [4.78, 5) is 17.8. The van der Waals surface area contributed by atoms with Crippen molar-refractivity contribution in [1.82, 2.24) is 9.55 Å². The van der Waals surface area contributed by atoms with Gasteiger partial charge in [0.2, 0.25) is 5.95 Å². The van der Waals surface area contributed by atoms with E-state index in [1.165, 1.54) is 0 Å². The molecule has 1 aromatic heterocycles. The number of nitrogens with zero attached hydrogens (tertiary/aromatic N) is 2. The lowest BCUT2D eigenvalue weighted by Gasteiger charge is -2.30. The molecule has 0 amide bonds. The van der Waals surface area contributed by atoms with Gasteiger partial charge in [0, 0.05) is 5.70 Å². The van der Waals surface area contributed by atoms with Crippen molar-refractivity contribution in [2.24, 2.45) is 0 Å². The molecule has 1 N–H and O–H groups in total. The van der Waals surface area contributed by atoms with Crippen LogP contribution in [0.5, 0.6) is 11.5 Å². The van der Waals surface area contributed by atoms with Crippen LogP contribution in [0, 0.1) is 0 Å². The Kier molecular flexibility index (Phi) is 6.35. The predicted molar refractivity (Wildman–Crippen MR) is 124 cm³/mol. The zero-order chi connectivity index (χ0) is 22.7. The van der Waals surface area contributed by atoms with Crippen LogP contribution in [0.2, 0.25) is 0 Å². The van der Waals surface area contributed by atoms with Crippen molar-refractivity contribution in [1.29, 1.82) is 0 Å². The Hall–Kier alpha value is -3.48. The molecule has 1 atom stereocenters. The molecular weight excluding hydrogens is 406 g/mol. The zero-order valence-corrected chi connectivity index (χ0v) is 19.0. The Morgan fingerprint density at radius 1 is 1.06 bits per heavy atom. The van der Waals surface area contributed by atoms with Crippen LogP contribution in [0.1, 0.15) is 45.7 Å². The number of nitrogens with one attached hydrogen (secondary N) is 1. The molecule has 0 unspecified atom stereocenters. The molecule has 4 rings (SSSR count). The van der Waals surface area contributed by atoms with Gasteiger partial charge < -0.3 is 19.5 Å². The fourth-order valence-corrected chi connectivity index (χ4v) is 4.05. The second-order valence-electron chi connectivity index (χ2n) is 7.57. The molecule has 32 heavy (non-hydrogen) atoms. The molecule has 7 nitrogen and oxygen atoms in total. The van der Waals surface area contributed by atoms with Crippen LogP contribution in [0.4, 0.5) is 5.95 Å². The van der Waals surface area contributed by atoms with Gasteiger partial charge in [-0.15, -0.1) is 0 Å². The zero-order valence-electron chi connectivity index (χ0n) is 19.0. The summed E-state index contributed by atoms with van der Waals surface area (Å²) in [6.45, 7) is 9.11. The molecular formula is C25H29N3O4. The number of carbonyl (C=O) groups excluding carboxylic acids is 1. The van der Waals surface area contributed by atoms with Gasteiger partial charge in [0.15, 0.2) is 11.5 Å². The van der Waals surface area contributed by atoms with Crippen LogP contribution in [0.15, 0.2) is 53.7 Å². The van der Waals surface area contributed by atoms with Crippen LogP contribution in [0.3, 0.4) is 0 Å². The normalized spacial score (nSPS) is 15.3. The number of hydrogen-bond acceptors (Lipinski definition) is 6. The first-order valence-corrected chi connectivity index (χ1v) is 11.1. The lowest BCUT2D eigenvalue weighted by atomic mass is 9.94. The standard InChI is InChI=1S/C25H29N3O4/c1-5-14-32-20-13-12-17(15-21(20)30-6-2)23-22(24(29)31-7-3)16(4)26-25-27-18-10-8-9-11-19(18)28(23)25/h8-13,15,23H,5-7,14H2,1-4H3,(H,26,27)/t23-/m0/s1. The van der Waals surface area contributed by atoms with Crippen LogP contribution >= 0.6 is 0 Å². The van der Waals surface area contributed by atoms with E-state index in [1.807, 2.05) is 67.8 Å². The monoisotopic (exact) mass is 435 g/mol. The molecule has 0 bridgehead atoms. The summed E-state index contributed by atoms with van der Waals surface area (Å²) >= 11 is 0. The van der Waals surface area contributed by atoms with Crippen LogP contribution < -0.4 is 14.8 Å². The van der Waals surface area contributed by atoms with Gasteiger partial charge in [0.1, 0.15) is 0 Å². The lowest BCUT2D eigenvalue weighted by molar-refractivity contribution is -0.139. The second-order valence-corrected chi connectivity index (χ2v) is 7.57. The van der Waals surface area contributed by atoms with Crippen molar-refractivity contribution in [3.05, 3.63) is 59.3 Å². The molecule has 0 spiro atoms. The quantitative estimate of drug-likeness (QED) is 0.498. The third kappa shape index (κ3) is 3.90. The topological polar surface area (TPSA) is 74.6 Å². The van der Waals surface area contributed by atoms with E-state index in [-0.39, 0.29) is 5.97 Å². The van der Waals surface area contributed by atoms with Crippen molar-refractivity contribution in [3.8, 4) is 11.5 Å². The first-order valence-electron chi connectivity index (χ1n) is 11.1. The molecule has 0 saturated carbocycles. The van der Waals surface area contributed by atoms with Crippen molar-refractivity contribution in [3.63, 3.8) is 0 Å². The van der Waals surface area contributed by atoms with Crippen molar-refractivity contribution < 1.29 is 19.0 Å². The van der Waals surface area contributed by atoms with Gasteiger partial charge in [0.25, 0.3) is 0 Å². The van der Waals surface area contributed by atoms with E-state index in [0.717, 1.165) is 28.7 Å². The summed E-state index contributed by atoms with van der Waals surface area (Å²) in [6.07, 6.45) is 0.904. The number of anilines is 1. The highest BCUT2D eigenvalue weighted by molar-refractivity contribution is 5.94. The summed E-state index contributed by atoms with van der Waals surface area (Å²) in [7, 11) is 0. The van der Waals surface area contributed by atoms with E-state index in [9.17, 15) is 4.79 Å². The smallest absolute Gasteiger partial charge is 0.338 e. The first-order chi connectivity index (χ1) is 15.6. The number of para-hydroxylation sites is 2. The molecule has 0 fully saturated rings. The number of esters is 1. The fraction of sp³-hybridized carbons (Fsp3) is 0.360. The Morgan fingerprint density at radius 3 is 2.62 bits per heavy atom. The lowest BCUT2D eigenvalue weighted by Crippen LogP contribution is -2.29. The number of benzene rings is 2. The number of allylic oxidation sites excluding steroid dienone is 1. The van der Waals surface area contributed by atoms with E-state index < -0.39 is 6.04 Å². The Morgan fingerprint density at radius 2 is 1.88 bits per heavy atom. The second kappa shape index (κ2) is 9.34. The largest absolute Gasteiger partial charge is 0.490 e. The molecule has 1 aliphatic heterocycles. The highest BCUT2D eigenvalue weighted by atomic mass is 16.5. The summed E-state index contributed by atoms with van der Waals surface area (Å²) in [6, 6.07) is 13.3. The third-order valence-corrected chi connectivity index (χ3v) is 5.37. The van der Waals surface area contributed by atoms with Gasteiger partial charge in [-0.25, -0.2) is 9.78 Å². The Labute approximate surface area is 188 Å². The third-order valence-electron chi connectivity index (χ3n) is 5.37. The van der Waals surface area contributed by atoms with E-state index in [4.69, 9.17) is 19.2 Å². The number of aromatic nitrogens is 2. The minimum Gasteiger partial charge on any atom is -0.490 e. The fourth-order valence-electron chi connectivity index (χ4n) is 4.05. The van der Waals surface area contributed by atoms with Gasteiger partial charge >= 0.3 is 5.97 Å². The first kappa shape index (κ1) is 21.7. The number of fused-ring (bicyclic) bond motifs is 3. The van der Waals surface area contributed by atoms with E-state index in [1.54, 1.807) is 0 Å². The predicted octanol–water partition coefficient (Wildman–Crippen LogP) is 5.08. The van der Waals surface area contributed by atoms with Crippen molar-refractivity contribution in [2.75, 3.05) is 25.1 Å². The number of ether oxygens (including phenoxy) is 3. The van der Waals surface area contributed by atoms with Gasteiger partial charge in [-0.1, -0.05) is 25.1 Å². The molecule has 2 aromatic carbocycles. The Balaban J connectivity index is 1.91. The minimum absolute atomic E-state index is 0.299. The van der Waals surface area contributed by atoms with Crippen LogP contribution in [-0.4, -0.2) is 35.3 Å². The molecule has 3 aromatic rings. The van der Waals surface area contributed by atoms with E-state index in [2.05, 4.69) is 12.2 Å². The van der Waals surface area contributed by atoms with Crippen molar-refractivity contribution in [2.45, 2.75) is 40.2 Å². The van der Waals surface area contributed by atoms with Crippen LogP contribution in [-0.2, 0) is 9.53 Å². The summed E-state index contributed by atoms with van der Waals surface area (Å²) in [5.74, 6) is 1.69. The summed E-state index contributed by atoms with van der Waals surface area (Å²) in [5.41, 5.74) is 3.95. The molecule has 7 heteroatoms. The molecule has 0 saturated heterocycles. The van der Waals surface area contributed by atoms with Gasteiger partial charge in [0.05, 0.1) is 42.5 Å². The van der Waals surface area contributed by atoms with Gasteiger partial charge in [-0.05, 0) is 57.0 Å². The van der Waals surface area contributed by atoms with E-state index in [0.29, 0.717) is 42.8 Å². The highest BCUT2D eigenvalue weighted by Gasteiger charge is 2.35. The number of rotatable bonds is 8. The highest BCUT2D eigenvalue weighted by Crippen LogP contribution is 2.42. The van der Waals surface area contributed by atoms with E-state index >= 15 is 0 Å². The van der Waals surface area contributed by atoms with Gasteiger partial charge in [-0.2, -0.15) is 0 Å². The summed E-state index contributed by atoms with van der Waals surface area (Å²) < 4.78 is 19.3. The molecule has 0 aliphatic carbocycles. The minimum atomic E-state index is -0.419. The van der Waals surface area contributed by atoms with Crippen LogP contribution in [0.25, 0.3) is 11.0 Å². The number of hydrogen-bond donors (Lipinski definition) is 1. The molecule has 1 aliphatic rings. The van der Waals surface area contributed by atoms with Crippen molar-refractivity contribution >= 4 is 23.0 Å². The molecule has 168 valence electrons. The maximum atomic E-state index is 13.1. The molecule has 2 heterocycles. The molecule has 0 radical (unpaired) electrons.